The first-order valence-corrected chi connectivity index (χ1v) is 11.3. The average molecular weight is 473 g/mol. The molecule has 0 aliphatic carbocycles. The highest BCUT2D eigenvalue weighted by Gasteiger charge is 2.21. The van der Waals surface area contributed by atoms with Gasteiger partial charge in [-0.15, -0.1) is 0 Å². The fourth-order valence-electron chi connectivity index (χ4n) is 3.55. The smallest absolute Gasteiger partial charge is 0.337 e. The highest BCUT2D eigenvalue weighted by molar-refractivity contribution is 6.30. The van der Waals surface area contributed by atoms with E-state index in [1.807, 2.05) is 0 Å². The van der Waals surface area contributed by atoms with Crippen LogP contribution in [0.3, 0.4) is 0 Å². The summed E-state index contributed by atoms with van der Waals surface area (Å²) < 4.78 is 0. The third-order valence-electron chi connectivity index (χ3n) is 5.40. The molecule has 2 amide bonds. The van der Waals surface area contributed by atoms with Crippen LogP contribution in [0.2, 0.25) is 5.02 Å². The van der Waals surface area contributed by atoms with Gasteiger partial charge in [-0.2, -0.15) is 0 Å². The highest BCUT2D eigenvalue weighted by Crippen LogP contribution is 2.25. The van der Waals surface area contributed by atoms with Crippen LogP contribution in [0.4, 0.5) is 11.4 Å². The van der Waals surface area contributed by atoms with Gasteiger partial charge in [0.1, 0.15) is 0 Å². The number of carbonyl (C=O) groups excluding carboxylic acids is 2. The Morgan fingerprint density at radius 3 is 2.30 bits per heavy atom. The monoisotopic (exact) mass is 472 g/mol. The van der Waals surface area contributed by atoms with Crippen LogP contribution in [0, 0.1) is 5.92 Å². The molecule has 0 radical (unpaired) electrons. The van der Waals surface area contributed by atoms with Crippen molar-refractivity contribution in [1.82, 2.24) is 10.2 Å². The Kier molecular flexibility index (Phi) is 8.30. The number of hydrogen-bond donors (Lipinski definition) is 3. The Balaban J connectivity index is 1.62. The molecule has 0 unspecified atom stereocenters. The molecule has 9 heteroatoms. The number of anilines is 2. The van der Waals surface area contributed by atoms with E-state index < -0.39 is 11.9 Å². The molecule has 1 heterocycles. The molecule has 176 valence electrons. The van der Waals surface area contributed by atoms with Crippen molar-refractivity contribution in [1.29, 1.82) is 0 Å². The molecule has 3 rings (SSSR count). The lowest BCUT2D eigenvalue weighted by Crippen LogP contribution is -2.49. The number of carboxylic acid groups (broad SMARTS) is 1. The number of carbonyl (C=O) groups is 3. The molecule has 0 aromatic heterocycles. The molecule has 0 bridgehead atoms. The summed E-state index contributed by atoms with van der Waals surface area (Å²) in [5.41, 5.74) is 1.39. The number of nitrogens with zero attached hydrogens (tertiary/aromatic N) is 2. The van der Waals surface area contributed by atoms with Gasteiger partial charge in [-0.3, -0.25) is 14.5 Å². The van der Waals surface area contributed by atoms with Crippen molar-refractivity contribution in [3.05, 3.63) is 58.6 Å². The highest BCUT2D eigenvalue weighted by atomic mass is 35.5. The van der Waals surface area contributed by atoms with Gasteiger partial charge < -0.3 is 20.6 Å². The van der Waals surface area contributed by atoms with E-state index >= 15 is 0 Å². The van der Waals surface area contributed by atoms with E-state index in [1.165, 1.54) is 0 Å². The number of nitrogens with one attached hydrogen (secondary N) is 2. The number of aromatic carboxylic acids is 1. The molecule has 2 aromatic rings. The van der Waals surface area contributed by atoms with Crippen LogP contribution >= 0.6 is 11.6 Å². The van der Waals surface area contributed by atoms with Crippen molar-refractivity contribution < 1.29 is 19.5 Å². The summed E-state index contributed by atoms with van der Waals surface area (Å²) in [6.07, 6.45) is 0. The number of benzene rings is 2. The summed E-state index contributed by atoms with van der Waals surface area (Å²) in [5, 5.41) is 15.8. The van der Waals surface area contributed by atoms with Crippen molar-refractivity contribution in [3.63, 3.8) is 0 Å². The average Bonchev–Trinajstić information content (AvgIpc) is 2.79. The lowest BCUT2D eigenvalue weighted by molar-refractivity contribution is -0.122. The molecule has 3 N–H and O–H groups in total. The molecule has 0 saturated carbocycles. The first-order chi connectivity index (χ1) is 15.7. The minimum atomic E-state index is -1.12. The largest absolute Gasteiger partial charge is 0.478 e. The molecule has 1 aliphatic heterocycles. The fraction of sp³-hybridized carbons (Fsp3) is 0.375. The third kappa shape index (κ3) is 6.94. The van der Waals surface area contributed by atoms with Crippen LogP contribution < -0.4 is 15.5 Å². The second kappa shape index (κ2) is 11.2. The van der Waals surface area contributed by atoms with Gasteiger partial charge in [0.05, 0.1) is 17.8 Å². The van der Waals surface area contributed by atoms with Gasteiger partial charge in [-0.1, -0.05) is 25.4 Å². The lowest BCUT2D eigenvalue weighted by atomic mass is 10.1. The van der Waals surface area contributed by atoms with Crippen molar-refractivity contribution in [2.75, 3.05) is 49.5 Å². The number of carboxylic acids is 1. The second-order valence-corrected chi connectivity index (χ2v) is 8.89. The molecule has 0 spiro atoms. The summed E-state index contributed by atoms with van der Waals surface area (Å²) in [4.78, 5) is 40.6. The quantitative estimate of drug-likeness (QED) is 0.545. The predicted molar refractivity (Wildman–Crippen MR) is 129 cm³/mol. The zero-order valence-corrected chi connectivity index (χ0v) is 19.6. The number of rotatable bonds is 8. The van der Waals surface area contributed by atoms with Crippen molar-refractivity contribution in [3.8, 4) is 0 Å². The van der Waals surface area contributed by atoms with Crippen LogP contribution in [-0.4, -0.2) is 67.1 Å². The molecule has 33 heavy (non-hydrogen) atoms. The maximum atomic E-state index is 12.5. The summed E-state index contributed by atoms with van der Waals surface area (Å²) in [7, 11) is 0. The molecule has 1 aliphatic rings. The molecule has 0 atom stereocenters. The Morgan fingerprint density at radius 2 is 1.70 bits per heavy atom. The predicted octanol–water partition coefficient (Wildman–Crippen LogP) is 3.18. The Bertz CT molecular complexity index is 1000. The van der Waals surface area contributed by atoms with E-state index in [4.69, 9.17) is 11.6 Å². The summed E-state index contributed by atoms with van der Waals surface area (Å²) >= 11 is 5.86. The van der Waals surface area contributed by atoms with Gasteiger partial charge in [0.15, 0.2) is 0 Å². The van der Waals surface area contributed by atoms with Crippen molar-refractivity contribution >= 4 is 40.8 Å². The molecule has 1 saturated heterocycles. The number of hydrogen-bond acceptors (Lipinski definition) is 5. The van der Waals surface area contributed by atoms with Crippen LogP contribution in [-0.2, 0) is 4.79 Å². The first-order valence-electron chi connectivity index (χ1n) is 10.9. The topological polar surface area (TPSA) is 102 Å². The van der Waals surface area contributed by atoms with E-state index in [1.54, 1.807) is 42.5 Å². The molecule has 2 aromatic carbocycles. The Hall–Kier alpha value is -3.10. The number of piperazine rings is 1. The normalized spacial score (nSPS) is 14.2. The van der Waals surface area contributed by atoms with E-state index in [-0.39, 0.29) is 17.2 Å². The van der Waals surface area contributed by atoms with Crippen LogP contribution in [0.5, 0.6) is 0 Å². The summed E-state index contributed by atoms with van der Waals surface area (Å²) in [6, 6.07) is 11.3. The number of amides is 2. The van der Waals surface area contributed by atoms with Gasteiger partial charge in [-0.05, 0) is 48.4 Å². The van der Waals surface area contributed by atoms with E-state index in [9.17, 15) is 19.5 Å². The maximum Gasteiger partial charge on any atom is 0.337 e. The SMILES string of the molecule is CC(C)CNC(=O)CN1CCN(c2ccc(NC(=O)c3ccc(Cl)cc3)c(C(=O)O)c2)CC1. The second-order valence-electron chi connectivity index (χ2n) is 8.46. The molecular weight excluding hydrogens is 444 g/mol. The maximum absolute atomic E-state index is 12.5. The molecule has 8 nitrogen and oxygen atoms in total. The van der Waals surface area contributed by atoms with Gasteiger partial charge in [0.25, 0.3) is 5.91 Å². The summed E-state index contributed by atoms with van der Waals surface area (Å²) in [5.74, 6) is -1.10. The minimum absolute atomic E-state index is 0.0188. The summed E-state index contributed by atoms with van der Waals surface area (Å²) in [6.45, 7) is 7.88. The molecule has 1 fully saturated rings. The first kappa shape index (κ1) is 24.5. The Labute approximate surface area is 198 Å². The van der Waals surface area contributed by atoms with Gasteiger partial charge in [0, 0.05) is 49.0 Å². The van der Waals surface area contributed by atoms with Crippen LogP contribution in [0.1, 0.15) is 34.6 Å². The van der Waals surface area contributed by atoms with Crippen LogP contribution in [0.15, 0.2) is 42.5 Å². The van der Waals surface area contributed by atoms with E-state index in [2.05, 4.69) is 34.3 Å². The van der Waals surface area contributed by atoms with E-state index in [0.717, 1.165) is 5.69 Å². The zero-order valence-electron chi connectivity index (χ0n) is 18.8. The van der Waals surface area contributed by atoms with Gasteiger partial charge >= 0.3 is 5.97 Å². The number of halogens is 1. The van der Waals surface area contributed by atoms with Crippen molar-refractivity contribution in [2.24, 2.45) is 5.92 Å². The third-order valence-corrected chi connectivity index (χ3v) is 5.65. The Morgan fingerprint density at radius 1 is 1.03 bits per heavy atom. The minimum Gasteiger partial charge on any atom is -0.478 e. The van der Waals surface area contributed by atoms with Crippen LogP contribution in [0.25, 0.3) is 0 Å². The standard InChI is InChI=1S/C24H29ClN4O4/c1-16(2)14-26-22(30)15-28-9-11-29(12-10-28)19-7-8-21(20(13-19)24(32)33)27-23(31)17-3-5-18(25)6-4-17/h3-8,13,16H,9-12,14-15H2,1-2H3,(H,26,30)(H,27,31)(H,32,33). The van der Waals surface area contributed by atoms with E-state index in [0.29, 0.717) is 55.8 Å². The lowest BCUT2D eigenvalue weighted by Gasteiger charge is -2.36. The van der Waals surface area contributed by atoms with Gasteiger partial charge in [-0.25, -0.2) is 4.79 Å². The zero-order chi connectivity index (χ0) is 24.0. The fourth-order valence-corrected chi connectivity index (χ4v) is 3.68. The van der Waals surface area contributed by atoms with Gasteiger partial charge in [0.2, 0.25) is 5.91 Å². The van der Waals surface area contributed by atoms with Crippen molar-refractivity contribution in [2.45, 2.75) is 13.8 Å². The molecular formula is C24H29ClN4O4.